The maximum Gasteiger partial charge on any atom is 0.270 e. The molecule has 9 heteroatoms. The van der Waals surface area contributed by atoms with Crippen LogP contribution in [0.3, 0.4) is 0 Å². The molecule has 7 nitrogen and oxygen atoms in total. The van der Waals surface area contributed by atoms with E-state index in [1.807, 2.05) is 4.90 Å². The number of non-ortho nitro benzene ring substituents is 1. The van der Waals surface area contributed by atoms with Gasteiger partial charge < -0.3 is 14.5 Å². The lowest BCUT2D eigenvalue weighted by atomic mass is 10.1. The van der Waals surface area contributed by atoms with Crippen LogP contribution in [0.5, 0.6) is 0 Å². The molecule has 0 saturated carbocycles. The highest BCUT2D eigenvalue weighted by molar-refractivity contribution is 9.10. The first kappa shape index (κ1) is 21.2. The Bertz CT molecular complexity index is 919. The highest BCUT2D eigenvalue weighted by Gasteiger charge is 2.25. The topological polar surface area (TPSA) is 75.9 Å². The number of nitro groups is 1. The maximum atomic E-state index is 14.2. The number of halogens is 2. The van der Waals surface area contributed by atoms with Crippen LogP contribution in [0.25, 0.3) is 0 Å². The van der Waals surface area contributed by atoms with Gasteiger partial charge in [0.2, 0.25) is 0 Å². The van der Waals surface area contributed by atoms with Gasteiger partial charge in [0.25, 0.3) is 11.6 Å². The average Bonchev–Trinajstić information content (AvgIpc) is 2.74. The van der Waals surface area contributed by atoms with Crippen molar-refractivity contribution in [2.24, 2.45) is 0 Å². The summed E-state index contributed by atoms with van der Waals surface area (Å²) >= 11 is 3.32. The lowest BCUT2D eigenvalue weighted by Gasteiger charge is -2.31. The van der Waals surface area contributed by atoms with Gasteiger partial charge in [0.05, 0.1) is 29.4 Å². The number of amides is 1. The molecule has 0 N–H and O–H groups in total. The van der Waals surface area contributed by atoms with Crippen molar-refractivity contribution in [1.29, 1.82) is 0 Å². The van der Waals surface area contributed by atoms with Crippen LogP contribution in [0.15, 0.2) is 40.9 Å². The van der Waals surface area contributed by atoms with E-state index >= 15 is 0 Å². The smallest absolute Gasteiger partial charge is 0.270 e. The zero-order chi connectivity index (χ0) is 21.0. The SMILES string of the molecule is CCN(Cc1cc(Br)ccc1F)C(=O)c1cc([N+](=O)[O-])ccc1N1CCOCC1. The zero-order valence-corrected chi connectivity index (χ0v) is 17.5. The minimum Gasteiger partial charge on any atom is -0.378 e. The molecule has 0 radical (unpaired) electrons. The molecule has 0 spiro atoms. The van der Waals surface area contributed by atoms with E-state index in [0.29, 0.717) is 48.6 Å². The Morgan fingerprint density at radius 3 is 2.66 bits per heavy atom. The van der Waals surface area contributed by atoms with E-state index in [-0.39, 0.29) is 23.7 Å². The van der Waals surface area contributed by atoms with Crippen molar-refractivity contribution in [2.45, 2.75) is 13.5 Å². The van der Waals surface area contributed by atoms with E-state index in [9.17, 15) is 19.3 Å². The van der Waals surface area contributed by atoms with Crippen molar-refractivity contribution in [2.75, 3.05) is 37.7 Å². The van der Waals surface area contributed by atoms with Gasteiger partial charge in [-0.25, -0.2) is 4.39 Å². The molecular weight excluding hydrogens is 445 g/mol. The van der Waals surface area contributed by atoms with E-state index in [0.717, 1.165) is 0 Å². The Hall–Kier alpha value is -2.52. The molecule has 2 aromatic carbocycles. The second-order valence-corrected chi connectivity index (χ2v) is 7.53. The van der Waals surface area contributed by atoms with E-state index in [1.54, 1.807) is 25.1 Å². The van der Waals surface area contributed by atoms with Gasteiger partial charge >= 0.3 is 0 Å². The number of nitro benzene ring substituents is 1. The van der Waals surface area contributed by atoms with Crippen LogP contribution >= 0.6 is 15.9 Å². The van der Waals surface area contributed by atoms with E-state index in [1.165, 1.54) is 23.1 Å². The number of rotatable bonds is 6. The molecule has 1 saturated heterocycles. The van der Waals surface area contributed by atoms with Crippen LogP contribution < -0.4 is 4.90 Å². The Kier molecular flexibility index (Phi) is 6.81. The van der Waals surface area contributed by atoms with Crippen molar-refractivity contribution >= 4 is 33.2 Å². The van der Waals surface area contributed by atoms with Crippen molar-refractivity contribution in [3.05, 3.63) is 67.9 Å². The fourth-order valence-corrected chi connectivity index (χ4v) is 3.67. The molecule has 1 heterocycles. The maximum absolute atomic E-state index is 14.2. The van der Waals surface area contributed by atoms with Crippen LogP contribution in [0, 0.1) is 15.9 Å². The lowest BCUT2D eigenvalue weighted by Crippen LogP contribution is -2.38. The third-order valence-electron chi connectivity index (χ3n) is 4.81. The summed E-state index contributed by atoms with van der Waals surface area (Å²) in [5, 5.41) is 11.3. The summed E-state index contributed by atoms with van der Waals surface area (Å²) in [6, 6.07) is 8.85. The first-order chi connectivity index (χ1) is 13.9. The van der Waals surface area contributed by atoms with Gasteiger partial charge in [-0.2, -0.15) is 0 Å². The molecule has 1 amide bonds. The number of ether oxygens (including phenoxy) is 1. The fourth-order valence-electron chi connectivity index (χ4n) is 3.26. The van der Waals surface area contributed by atoms with Crippen LogP contribution in [-0.4, -0.2) is 48.6 Å². The van der Waals surface area contributed by atoms with E-state index in [2.05, 4.69) is 15.9 Å². The van der Waals surface area contributed by atoms with Crippen LogP contribution in [0.2, 0.25) is 0 Å². The second-order valence-electron chi connectivity index (χ2n) is 6.61. The third kappa shape index (κ3) is 4.91. The first-order valence-electron chi connectivity index (χ1n) is 9.25. The lowest BCUT2D eigenvalue weighted by molar-refractivity contribution is -0.384. The first-order valence-corrected chi connectivity index (χ1v) is 10.0. The number of hydrogen-bond acceptors (Lipinski definition) is 5. The largest absolute Gasteiger partial charge is 0.378 e. The molecule has 0 aliphatic carbocycles. The molecule has 3 rings (SSSR count). The number of carbonyl (C=O) groups is 1. The van der Waals surface area contributed by atoms with Crippen molar-refractivity contribution in [3.8, 4) is 0 Å². The molecule has 1 fully saturated rings. The van der Waals surface area contributed by atoms with E-state index in [4.69, 9.17) is 4.74 Å². The van der Waals surface area contributed by atoms with E-state index < -0.39 is 10.7 Å². The highest BCUT2D eigenvalue weighted by atomic mass is 79.9. The summed E-state index contributed by atoms with van der Waals surface area (Å²) in [5.74, 6) is -0.788. The van der Waals surface area contributed by atoms with Crippen molar-refractivity contribution in [1.82, 2.24) is 4.90 Å². The number of hydrogen-bond donors (Lipinski definition) is 0. The molecule has 1 aliphatic rings. The van der Waals surface area contributed by atoms with Gasteiger partial charge in [0.15, 0.2) is 0 Å². The predicted octanol–water partition coefficient (Wildman–Crippen LogP) is 4.00. The molecule has 0 unspecified atom stereocenters. The van der Waals surface area contributed by atoms with Gasteiger partial charge in [-0.1, -0.05) is 15.9 Å². The number of morpholine rings is 1. The number of anilines is 1. The van der Waals surface area contributed by atoms with Crippen molar-refractivity contribution < 1.29 is 18.8 Å². The monoisotopic (exact) mass is 465 g/mol. The Morgan fingerprint density at radius 2 is 2.00 bits per heavy atom. The van der Waals surface area contributed by atoms with Gasteiger partial charge in [0.1, 0.15) is 5.82 Å². The predicted molar refractivity (Wildman–Crippen MR) is 111 cm³/mol. The molecule has 0 bridgehead atoms. The molecular formula is C20H21BrFN3O4. The molecule has 154 valence electrons. The van der Waals surface area contributed by atoms with Gasteiger partial charge in [-0.15, -0.1) is 0 Å². The molecule has 2 aromatic rings. The summed E-state index contributed by atoms with van der Waals surface area (Å²) in [7, 11) is 0. The standard InChI is InChI=1S/C20H21BrFN3O4/c1-2-23(13-14-11-15(21)3-5-18(14)22)20(26)17-12-16(25(27)28)4-6-19(17)24-7-9-29-10-8-24/h3-6,11-12H,2,7-10,13H2,1H3. The van der Waals surface area contributed by atoms with Gasteiger partial charge in [-0.3, -0.25) is 14.9 Å². The van der Waals surface area contributed by atoms with Gasteiger partial charge in [0, 0.05) is 48.3 Å². The summed E-state index contributed by atoms with van der Waals surface area (Å²) in [4.78, 5) is 27.5. The summed E-state index contributed by atoms with van der Waals surface area (Å²) in [6.07, 6.45) is 0. The quantitative estimate of drug-likeness (QED) is 0.476. The van der Waals surface area contributed by atoms with Gasteiger partial charge in [-0.05, 0) is 31.2 Å². The average molecular weight is 466 g/mol. The summed E-state index contributed by atoms with van der Waals surface area (Å²) < 4.78 is 20.3. The molecule has 0 aromatic heterocycles. The third-order valence-corrected chi connectivity index (χ3v) is 5.30. The summed E-state index contributed by atoms with van der Waals surface area (Å²) in [6.45, 7) is 4.40. The Labute approximate surface area is 176 Å². The zero-order valence-electron chi connectivity index (χ0n) is 15.9. The van der Waals surface area contributed by atoms with Crippen LogP contribution in [-0.2, 0) is 11.3 Å². The molecule has 29 heavy (non-hydrogen) atoms. The van der Waals surface area contributed by atoms with Crippen molar-refractivity contribution in [3.63, 3.8) is 0 Å². The molecule has 1 aliphatic heterocycles. The normalized spacial score (nSPS) is 14.0. The van der Waals surface area contributed by atoms with Crippen LogP contribution in [0.1, 0.15) is 22.8 Å². The number of benzene rings is 2. The van der Waals surface area contributed by atoms with Crippen LogP contribution in [0.4, 0.5) is 15.8 Å². The second kappa shape index (κ2) is 9.32. The number of carbonyl (C=O) groups excluding carboxylic acids is 1. The Balaban J connectivity index is 1.96. The minimum atomic E-state index is -0.524. The fraction of sp³-hybridized carbons (Fsp3) is 0.350. The summed E-state index contributed by atoms with van der Waals surface area (Å²) in [5.41, 5.74) is 1.07. The highest BCUT2D eigenvalue weighted by Crippen LogP contribution is 2.28. The number of nitrogens with zero attached hydrogens (tertiary/aromatic N) is 3. The minimum absolute atomic E-state index is 0.0614. The molecule has 0 atom stereocenters. The Morgan fingerprint density at radius 1 is 1.28 bits per heavy atom.